The molecule has 5 nitrogen and oxygen atoms in total. The number of methoxy groups -OCH3 is 1. The Balaban J connectivity index is 2.38. The minimum absolute atomic E-state index is 0.115. The fourth-order valence-electron chi connectivity index (χ4n) is 0.588. The zero-order chi connectivity index (χ0) is 8.97. The number of anilines is 2. The molecule has 1 aromatic heterocycles. The standard InChI is InChI=1S/C6H9N3O2S/c1-11-5(10)3-9-6-8-2-4(7)12-6/h2H,3,7H2,1H3,(H,8,9). The lowest BCUT2D eigenvalue weighted by molar-refractivity contribution is -0.138. The Labute approximate surface area is 73.6 Å². The van der Waals surface area contributed by atoms with E-state index in [2.05, 4.69) is 15.0 Å². The molecule has 0 aliphatic rings. The first kappa shape index (κ1) is 8.79. The van der Waals surface area contributed by atoms with Crippen molar-refractivity contribution in [2.45, 2.75) is 0 Å². The number of esters is 1. The van der Waals surface area contributed by atoms with Crippen LogP contribution in [0.15, 0.2) is 6.20 Å². The Morgan fingerprint density at radius 2 is 2.67 bits per heavy atom. The maximum absolute atomic E-state index is 10.7. The van der Waals surface area contributed by atoms with Gasteiger partial charge in [-0.25, -0.2) is 4.98 Å². The van der Waals surface area contributed by atoms with Gasteiger partial charge in [-0.15, -0.1) is 0 Å². The molecular formula is C6H9N3O2S. The van der Waals surface area contributed by atoms with Crippen molar-refractivity contribution in [3.63, 3.8) is 0 Å². The number of nitrogen functional groups attached to an aromatic ring is 1. The van der Waals surface area contributed by atoms with Crippen LogP contribution in [0, 0.1) is 0 Å². The minimum Gasteiger partial charge on any atom is -0.468 e. The van der Waals surface area contributed by atoms with Crippen LogP contribution in [-0.2, 0) is 9.53 Å². The van der Waals surface area contributed by atoms with Crippen LogP contribution in [0.4, 0.5) is 10.1 Å². The van der Waals surface area contributed by atoms with Crippen molar-refractivity contribution < 1.29 is 9.53 Å². The highest BCUT2D eigenvalue weighted by molar-refractivity contribution is 7.19. The van der Waals surface area contributed by atoms with Crippen molar-refractivity contribution in [1.29, 1.82) is 0 Å². The van der Waals surface area contributed by atoms with Crippen LogP contribution in [0.5, 0.6) is 0 Å². The second-order valence-electron chi connectivity index (χ2n) is 2.00. The zero-order valence-corrected chi connectivity index (χ0v) is 7.35. The van der Waals surface area contributed by atoms with Crippen molar-refractivity contribution in [3.05, 3.63) is 6.20 Å². The van der Waals surface area contributed by atoms with Gasteiger partial charge in [-0.1, -0.05) is 11.3 Å². The van der Waals surface area contributed by atoms with Crippen LogP contribution in [0.25, 0.3) is 0 Å². The maximum Gasteiger partial charge on any atom is 0.325 e. The number of carbonyl (C=O) groups is 1. The third-order valence-corrected chi connectivity index (χ3v) is 1.92. The fourth-order valence-corrected chi connectivity index (χ4v) is 1.17. The summed E-state index contributed by atoms with van der Waals surface area (Å²) in [4.78, 5) is 14.5. The van der Waals surface area contributed by atoms with Gasteiger partial charge in [-0.2, -0.15) is 0 Å². The molecule has 12 heavy (non-hydrogen) atoms. The molecule has 1 heterocycles. The number of rotatable bonds is 3. The third kappa shape index (κ3) is 2.39. The first-order chi connectivity index (χ1) is 5.72. The molecule has 0 spiro atoms. The molecule has 0 saturated heterocycles. The molecule has 0 unspecified atom stereocenters. The molecule has 66 valence electrons. The summed E-state index contributed by atoms with van der Waals surface area (Å²) in [5.74, 6) is -0.330. The van der Waals surface area contributed by atoms with E-state index in [9.17, 15) is 4.79 Å². The zero-order valence-electron chi connectivity index (χ0n) is 6.53. The van der Waals surface area contributed by atoms with E-state index < -0.39 is 0 Å². The SMILES string of the molecule is COC(=O)CNc1ncc(N)s1. The molecule has 1 rings (SSSR count). The molecule has 0 saturated carbocycles. The van der Waals surface area contributed by atoms with Gasteiger partial charge in [-0.3, -0.25) is 4.79 Å². The first-order valence-electron chi connectivity index (χ1n) is 3.24. The summed E-state index contributed by atoms with van der Waals surface area (Å²) in [5.41, 5.74) is 5.42. The van der Waals surface area contributed by atoms with Gasteiger partial charge in [0.15, 0.2) is 5.13 Å². The van der Waals surface area contributed by atoms with Crippen LogP contribution in [-0.4, -0.2) is 24.6 Å². The van der Waals surface area contributed by atoms with Gasteiger partial charge in [0, 0.05) is 0 Å². The Kier molecular flexibility index (Phi) is 2.87. The monoisotopic (exact) mass is 187 g/mol. The molecular weight excluding hydrogens is 178 g/mol. The van der Waals surface area contributed by atoms with Gasteiger partial charge >= 0.3 is 5.97 Å². The van der Waals surface area contributed by atoms with Crippen molar-refractivity contribution in [3.8, 4) is 0 Å². The van der Waals surface area contributed by atoms with Crippen LogP contribution in [0.1, 0.15) is 0 Å². The largest absolute Gasteiger partial charge is 0.468 e. The molecule has 0 atom stereocenters. The van der Waals surface area contributed by atoms with E-state index in [4.69, 9.17) is 5.73 Å². The lowest BCUT2D eigenvalue weighted by atomic mass is 10.6. The number of carbonyl (C=O) groups excluding carboxylic acids is 1. The van der Waals surface area contributed by atoms with E-state index in [1.165, 1.54) is 24.6 Å². The van der Waals surface area contributed by atoms with Crippen molar-refractivity contribution in [2.75, 3.05) is 24.7 Å². The predicted molar refractivity (Wildman–Crippen MR) is 47.0 cm³/mol. The Bertz CT molecular complexity index is 274. The summed E-state index contributed by atoms with van der Waals surface area (Å²) in [7, 11) is 1.33. The van der Waals surface area contributed by atoms with E-state index in [1.54, 1.807) is 0 Å². The average molecular weight is 187 g/mol. The van der Waals surface area contributed by atoms with E-state index in [-0.39, 0.29) is 12.5 Å². The number of hydrogen-bond donors (Lipinski definition) is 2. The van der Waals surface area contributed by atoms with Crippen molar-refractivity contribution in [1.82, 2.24) is 4.98 Å². The van der Waals surface area contributed by atoms with Gasteiger partial charge in [0.1, 0.15) is 11.5 Å². The van der Waals surface area contributed by atoms with Gasteiger partial charge in [-0.05, 0) is 0 Å². The van der Waals surface area contributed by atoms with E-state index in [0.29, 0.717) is 10.1 Å². The molecule has 0 aliphatic carbocycles. The number of nitrogens with two attached hydrogens (primary N) is 1. The Morgan fingerprint density at radius 1 is 1.92 bits per heavy atom. The highest BCUT2D eigenvalue weighted by atomic mass is 32.1. The molecule has 1 aromatic rings. The average Bonchev–Trinajstić information content (AvgIpc) is 2.47. The molecule has 0 amide bonds. The minimum atomic E-state index is -0.330. The maximum atomic E-state index is 10.7. The summed E-state index contributed by atoms with van der Waals surface area (Å²) in [6.45, 7) is 0.115. The van der Waals surface area contributed by atoms with Gasteiger partial charge in [0.2, 0.25) is 0 Å². The quantitative estimate of drug-likeness (QED) is 0.666. The van der Waals surface area contributed by atoms with Crippen LogP contribution < -0.4 is 11.1 Å². The van der Waals surface area contributed by atoms with Crippen LogP contribution >= 0.6 is 11.3 Å². The molecule has 0 fully saturated rings. The molecule has 0 radical (unpaired) electrons. The highest BCUT2D eigenvalue weighted by Crippen LogP contribution is 2.18. The fraction of sp³-hybridized carbons (Fsp3) is 0.333. The summed E-state index contributed by atoms with van der Waals surface area (Å²) in [5, 5.41) is 4.01. The van der Waals surface area contributed by atoms with E-state index >= 15 is 0 Å². The summed E-state index contributed by atoms with van der Waals surface area (Å²) < 4.78 is 4.42. The summed E-state index contributed by atoms with van der Waals surface area (Å²) >= 11 is 1.29. The summed E-state index contributed by atoms with van der Waals surface area (Å²) in [6, 6.07) is 0. The van der Waals surface area contributed by atoms with Crippen molar-refractivity contribution >= 4 is 27.4 Å². The van der Waals surface area contributed by atoms with Gasteiger partial charge in [0.05, 0.1) is 13.3 Å². The van der Waals surface area contributed by atoms with E-state index in [0.717, 1.165) is 0 Å². The lowest BCUT2D eigenvalue weighted by Gasteiger charge is -1.98. The van der Waals surface area contributed by atoms with Crippen LogP contribution in [0.3, 0.4) is 0 Å². The third-order valence-electron chi connectivity index (χ3n) is 1.14. The molecule has 6 heteroatoms. The lowest BCUT2D eigenvalue weighted by Crippen LogP contribution is -2.14. The second-order valence-corrected chi connectivity index (χ2v) is 3.06. The number of ether oxygens (including phenoxy) is 1. The first-order valence-corrected chi connectivity index (χ1v) is 4.06. The predicted octanol–water partition coefficient (Wildman–Crippen LogP) is 0.310. The normalized spacial score (nSPS) is 9.42. The Hall–Kier alpha value is -1.30. The topological polar surface area (TPSA) is 77.2 Å². The van der Waals surface area contributed by atoms with Crippen molar-refractivity contribution in [2.24, 2.45) is 0 Å². The van der Waals surface area contributed by atoms with Gasteiger partial charge < -0.3 is 15.8 Å². The number of nitrogens with one attached hydrogen (secondary N) is 1. The summed E-state index contributed by atoms with van der Waals surface area (Å²) in [6.07, 6.45) is 1.53. The highest BCUT2D eigenvalue weighted by Gasteiger charge is 2.01. The number of nitrogens with zero attached hydrogens (tertiary/aromatic N) is 1. The molecule has 0 bridgehead atoms. The number of thiazole rings is 1. The molecule has 0 aromatic carbocycles. The molecule has 0 aliphatic heterocycles. The number of hydrogen-bond acceptors (Lipinski definition) is 6. The van der Waals surface area contributed by atoms with Gasteiger partial charge in [0.25, 0.3) is 0 Å². The van der Waals surface area contributed by atoms with E-state index in [1.807, 2.05) is 0 Å². The molecule has 3 N–H and O–H groups in total. The second kappa shape index (κ2) is 3.91. The smallest absolute Gasteiger partial charge is 0.325 e. The van der Waals surface area contributed by atoms with Crippen LogP contribution in [0.2, 0.25) is 0 Å². The Morgan fingerprint density at radius 3 is 3.17 bits per heavy atom. The number of aromatic nitrogens is 1.